The molecule has 0 radical (unpaired) electrons. The molecule has 2 aliphatic rings. The van der Waals surface area contributed by atoms with Crippen LogP contribution in [0.15, 0.2) is 12.7 Å². The quantitative estimate of drug-likeness (QED) is 0.432. The maximum Gasteiger partial charge on any atom is 0.122 e. The van der Waals surface area contributed by atoms with Crippen molar-refractivity contribution < 1.29 is 14.6 Å². The number of epoxide rings is 1. The average molecular weight is 156 g/mol. The fourth-order valence-corrected chi connectivity index (χ4v) is 1.51. The van der Waals surface area contributed by atoms with E-state index in [4.69, 9.17) is 9.47 Å². The van der Waals surface area contributed by atoms with Gasteiger partial charge in [0.1, 0.15) is 17.8 Å². The summed E-state index contributed by atoms with van der Waals surface area (Å²) in [6, 6.07) is 0. The molecule has 3 heteroatoms. The van der Waals surface area contributed by atoms with Crippen LogP contribution in [-0.2, 0) is 9.47 Å². The number of ether oxygens (including phenoxy) is 2. The summed E-state index contributed by atoms with van der Waals surface area (Å²) in [5.41, 5.74) is -0.281. The van der Waals surface area contributed by atoms with Crippen LogP contribution >= 0.6 is 0 Å². The fourth-order valence-electron chi connectivity index (χ4n) is 1.51. The van der Waals surface area contributed by atoms with Gasteiger partial charge in [-0.15, -0.1) is 6.58 Å². The third-order valence-electron chi connectivity index (χ3n) is 2.43. The molecule has 0 aromatic rings. The summed E-state index contributed by atoms with van der Waals surface area (Å²) in [6.07, 6.45) is 1.67. The number of aliphatic hydroxyl groups excluding tert-OH is 1. The molecule has 0 amide bonds. The molecule has 2 fully saturated rings. The van der Waals surface area contributed by atoms with Crippen LogP contribution in [0.3, 0.4) is 0 Å². The lowest BCUT2D eigenvalue weighted by molar-refractivity contribution is -0.0928. The first-order valence-electron chi connectivity index (χ1n) is 3.85. The van der Waals surface area contributed by atoms with Crippen molar-refractivity contribution in [1.29, 1.82) is 0 Å². The van der Waals surface area contributed by atoms with Crippen molar-refractivity contribution in [1.82, 2.24) is 0 Å². The summed E-state index contributed by atoms with van der Waals surface area (Å²) < 4.78 is 10.5. The van der Waals surface area contributed by atoms with E-state index in [0.717, 1.165) is 6.42 Å². The number of hydrogen-bond acceptors (Lipinski definition) is 3. The summed E-state index contributed by atoms with van der Waals surface area (Å²) >= 11 is 0. The smallest absolute Gasteiger partial charge is 0.122 e. The van der Waals surface area contributed by atoms with Gasteiger partial charge in [0.2, 0.25) is 0 Å². The second-order valence-electron chi connectivity index (χ2n) is 3.12. The van der Waals surface area contributed by atoms with Gasteiger partial charge in [-0.05, 0) is 0 Å². The summed E-state index contributed by atoms with van der Waals surface area (Å²) in [4.78, 5) is 0. The van der Waals surface area contributed by atoms with Gasteiger partial charge in [-0.3, -0.25) is 0 Å². The molecule has 0 aromatic heterocycles. The summed E-state index contributed by atoms with van der Waals surface area (Å²) in [7, 11) is 0. The third kappa shape index (κ3) is 1.00. The van der Waals surface area contributed by atoms with Gasteiger partial charge in [0.05, 0.1) is 13.2 Å². The highest BCUT2D eigenvalue weighted by Gasteiger charge is 2.55. The van der Waals surface area contributed by atoms with Crippen molar-refractivity contribution in [2.75, 3.05) is 13.2 Å². The van der Waals surface area contributed by atoms with E-state index < -0.39 is 6.10 Å². The molecule has 1 spiro atoms. The average Bonchev–Trinajstić information content (AvgIpc) is 2.77. The number of aliphatic hydroxyl groups is 1. The Hall–Kier alpha value is -0.380. The van der Waals surface area contributed by atoms with Gasteiger partial charge in [-0.2, -0.15) is 0 Å². The van der Waals surface area contributed by atoms with E-state index in [-0.39, 0.29) is 11.7 Å². The zero-order valence-electron chi connectivity index (χ0n) is 6.32. The van der Waals surface area contributed by atoms with Crippen LogP contribution in [0.1, 0.15) is 6.42 Å². The monoisotopic (exact) mass is 156 g/mol. The summed E-state index contributed by atoms with van der Waals surface area (Å²) in [6.45, 7) is 4.92. The zero-order chi connectivity index (χ0) is 7.90. The van der Waals surface area contributed by atoms with Crippen LogP contribution in [0.5, 0.6) is 0 Å². The Morgan fingerprint density at radius 2 is 2.36 bits per heavy atom. The molecule has 0 aromatic carbocycles. The van der Waals surface area contributed by atoms with Crippen LogP contribution in [-0.4, -0.2) is 36.1 Å². The molecule has 11 heavy (non-hydrogen) atoms. The van der Waals surface area contributed by atoms with Crippen LogP contribution < -0.4 is 0 Å². The van der Waals surface area contributed by atoms with Crippen LogP contribution in [0.4, 0.5) is 0 Å². The van der Waals surface area contributed by atoms with Gasteiger partial charge < -0.3 is 14.6 Å². The first kappa shape index (κ1) is 7.28. The highest BCUT2D eigenvalue weighted by molar-refractivity contribution is 5.07. The predicted molar refractivity (Wildman–Crippen MR) is 39.2 cm³/mol. The number of rotatable bonds is 1. The fraction of sp³-hybridized carbons (Fsp3) is 0.750. The third-order valence-corrected chi connectivity index (χ3v) is 2.43. The van der Waals surface area contributed by atoms with Crippen LogP contribution in [0.25, 0.3) is 0 Å². The van der Waals surface area contributed by atoms with Crippen LogP contribution in [0, 0.1) is 0 Å². The molecule has 62 valence electrons. The topological polar surface area (TPSA) is 42.0 Å². The van der Waals surface area contributed by atoms with Gasteiger partial charge in [-0.1, -0.05) is 6.08 Å². The minimum Gasteiger partial charge on any atom is -0.387 e. The van der Waals surface area contributed by atoms with E-state index in [1.54, 1.807) is 6.08 Å². The van der Waals surface area contributed by atoms with Crippen molar-refractivity contribution in [2.24, 2.45) is 0 Å². The molecule has 3 nitrogen and oxygen atoms in total. The van der Waals surface area contributed by atoms with Gasteiger partial charge in [0.15, 0.2) is 0 Å². The van der Waals surface area contributed by atoms with Gasteiger partial charge in [0, 0.05) is 6.42 Å². The highest BCUT2D eigenvalue weighted by atomic mass is 16.6. The summed E-state index contributed by atoms with van der Waals surface area (Å²) in [5, 5.41) is 9.64. The molecular formula is C8H12O3. The minimum absolute atomic E-state index is 0.244. The molecule has 3 unspecified atom stereocenters. The largest absolute Gasteiger partial charge is 0.387 e. The SMILES string of the molecule is C=CC1OCCC2(CO2)C1O. The molecule has 2 aliphatic heterocycles. The molecule has 0 bridgehead atoms. The number of hydrogen-bond donors (Lipinski definition) is 1. The molecule has 2 rings (SSSR count). The Morgan fingerprint density at radius 3 is 2.91 bits per heavy atom. The molecular weight excluding hydrogens is 144 g/mol. The van der Waals surface area contributed by atoms with Crippen molar-refractivity contribution in [2.45, 2.75) is 24.2 Å². The lowest BCUT2D eigenvalue weighted by atomic mass is 9.93. The summed E-state index contributed by atoms with van der Waals surface area (Å²) in [5.74, 6) is 0. The van der Waals surface area contributed by atoms with Gasteiger partial charge in [0.25, 0.3) is 0 Å². The minimum atomic E-state index is -0.520. The van der Waals surface area contributed by atoms with Crippen molar-refractivity contribution >= 4 is 0 Å². The molecule has 0 aliphatic carbocycles. The van der Waals surface area contributed by atoms with Crippen molar-refractivity contribution in [3.05, 3.63) is 12.7 Å². The second-order valence-corrected chi connectivity index (χ2v) is 3.12. The molecule has 1 N–H and O–H groups in total. The maximum absolute atomic E-state index is 9.64. The normalized spacial score (nSPS) is 49.2. The Balaban J connectivity index is 2.09. The van der Waals surface area contributed by atoms with Crippen molar-refractivity contribution in [3.63, 3.8) is 0 Å². The van der Waals surface area contributed by atoms with E-state index in [9.17, 15) is 5.11 Å². The second kappa shape index (κ2) is 2.30. The Bertz CT molecular complexity index is 174. The standard InChI is InChI=1S/C8H12O3/c1-2-6-7(9)8(5-11-8)3-4-10-6/h2,6-7,9H,1,3-5H2. The lowest BCUT2D eigenvalue weighted by Crippen LogP contribution is -2.46. The first-order chi connectivity index (χ1) is 5.28. The highest BCUT2D eigenvalue weighted by Crippen LogP contribution is 2.39. The molecule has 3 atom stereocenters. The Kier molecular flexibility index (Phi) is 1.52. The lowest BCUT2D eigenvalue weighted by Gasteiger charge is -2.30. The Labute approximate surface area is 65.6 Å². The van der Waals surface area contributed by atoms with Gasteiger partial charge >= 0.3 is 0 Å². The van der Waals surface area contributed by atoms with Crippen molar-refractivity contribution in [3.8, 4) is 0 Å². The van der Waals surface area contributed by atoms with E-state index in [1.807, 2.05) is 0 Å². The van der Waals surface area contributed by atoms with E-state index >= 15 is 0 Å². The van der Waals surface area contributed by atoms with E-state index in [1.165, 1.54) is 0 Å². The first-order valence-corrected chi connectivity index (χ1v) is 3.85. The van der Waals surface area contributed by atoms with E-state index in [0.29, 0.717) is 13.2 Å². The predicted octanol–water partition coefficient (Wildman–Crippen LogP) is 0.0912. The molecule has 0 saturated carbocycles. The maximum atomic E-state index is 9.64. The zero-order valence-corrected chi connectivity index (χ0v) is 6.32. The van der Waals surface area contributed by atoms with Gasteiger partial charge in [-0.25, -0.2) is 0 Å². The van der Waals surface area contributed by atoms with Crippen LogP contribution in [0.2, 0.25) is 0 Å². The Morgan fingerprint density at radius 1 is 1.64 bits per heavy atom. The molecule has 2 heterocycles. The molecule has 2 saturated heterocycles. The van der Waals surface area contributed by atoms with E-state index in [2.05, 4.69) is 6.58 Å².